The highest BCUT2D eigenvalue weighted by Crippen LogP contribution is 1.92. The fraction of sp³-hybridized carbons (Fsp3) is 0. The summed E-state index contributed by atoms with van der Waals surface area (Å²) < 4.78 is 0. The summed E-state index contributed by atoms with van der Waals surface area (Å²) in [6.45, 7) is 0. The molecule has 0 atom stereocenters. The Balaban J connectivity index is 0.000000245. The zero-order valence-electron chi connectivity index (χ0n) is 7.40. The second-order valence-electron chi connectivity index (χ2n) is 2.44. The molecule has 0 aliphatic heterocycles. The third-order valence-corrected chi connectivity index (χ3v) is 1.33. The summed E-state index contributed by atoms with van der Waals surface area (Å²) in [7, 11) is 0. The van der Waals surface area contributed by atoms with Crippen molar-refractivity contribution in [1.82, 2.24) is 19.9 Å². The number of H-pyrrole nitrogens is 3. The molecule has 2 amide bonds. The number of aromatic amines is 3. The molecule has 7 N–H and O–H groups in total. The lowest BCUT2D eigenvalue weighted by Crippen LogP contribution is -2.21. The molecule has 0 spiro atoms. The van der Waals surface area contributed by atoms with Crippen LogP contribution in [-0.2, 0) is 0 Å². The highest BCUT2D eigenvalue weighted by atomic mass is 16.2. The summed E-state index contributed by atoms with van der Waals surface area (Å²) in [6, 6.07) is -0.833. The molecule has 0 saturated heterocycles. The van der Waals surface area contributed by atoms with Crippen LogP contribution in [0.4, 0.5) is 4.79 Å². The van der Waals surface area contributed by atoms with Crippen molar-refractivity contribution in [3.05, 3.63) is 27.2 Å². The lowest BCUT2D eigenvalue weighted by molar-refractivity contribution is 0.256. The SMILES string of the molecule is NC(N)=O.O=c1[nH]c(=O)c2[nH]cnc2[nH]1. The summed E-state index contributed by atoms with van der Waals surface area (Å²) >= 11 is 0. The third-order valence-electron chi connectivity index (χ3n) is 1.33. The molecular weight excluding hydrogens is 204 g/mol. The van der Waals surface area contributed by atoms with E-state index < -0.39 is 17.3 Å². The van der Waals surface area contributed by atoms with Gasteiger partial charge < -0.3 is 16.5 Å². The Morgan fingerprint density at radius 3 is 2.47 bits per heavy atom. The van der Waals surface area contributed by atoms with Crippen LogP contribution in [-0.4, -0.2) is 26.0 Å². The van der Waals surface area contributed by atoms with Gasteiger partial charge in [0.1, 0.15) is 5.52 Å². The minimum Gasteiger partial charge on any atom is -0.352 e. The van der Waals surface area contributed by atoms with Gasteiger partial charge in [-0.25, -0.2) is 14.6 Å². The molecule has 2 aromatic rings. The fourth-order valence-electron chi connectivity index (χ4n) is 0.867. The van der Waals surface area contributed by atoms with Crippen molar-refractivity contribution in [3.63, 3.8) is 0 Å². The Labute approximate surface area is 81.5 Å². The largest absolute Gasteiger partial charge is 0.352 e. The molecule has 2 rings (SSSR count). The molecule has 0 bridgehead atoms. The number of rotatable bonds is 0. The van der Waals surface area contributed by atoms with Gasteiger partial charge in [-0.2, -0.15) is 0 Å². The predicted octanol–water partition coefficient (Wildman–Crippen LogP) is -2.04. The zero-order valence-corrected chi connectivity index (χ0v) is 7.40. The maximum atomic E-state index is 10.9. The van der Waals surface area contributed by atoms with E-state index in [2.05, 4.69) is 31.4 Å². The quantitative estimate of drug-likeness (QED) is 0.340. The number of fused-ring (bicyclic) bond motifs is 1. The molecule has 0 aromatic carbocycles. The average Bonchev–Trinajstić information content (AvgIpc) is 2.50. The van der Waals surface area contributed by atoms with Crippen LogP contribution in [0.1, 0.15) is 0 Å². The first-order chi connectivity index (χ1) is 7.00. The molecule has 15 heavy (non-hydrogen) atoms. The number of nitrogens with one attached hydrogen (secondary N) is 3. The summed E-state index contributed by atoms with van der Waals surface area (Å²) in [5.41, 5.74) is 8.05. The monoisotopic (exact) mass is 212 g/mol. The van der Waals surface area contributed by atoms with Crippen LogP contribution in [0, 0.1) is 0 Å². The van der Waals surface area contributed by atoms with Gasteiger partial charge in [0.2, 0.25) is 0 Å². The lowest BCUT2D eigenvalue weighted by atomic mass is 10.5. The Kier molecular flexibility index (Phi) is 2.86. The van der Waals surface area contributed by atoms with Gasteiger partial charge in [0.25, 0.3) is 5.56 Å². The van der Waals surface area contributed by atoms with Gasteiger partial charge in [0.05, 0.1) is 6.33 Å². The van der Waals surface area contributed by atoms with Crippen LogP contribution in [0.25, 0.3) is 11.2 Å². The second kappa shape index (κ2) is 4.09. The number of amides is 2. The van der Waals surface area contributed by atoms with Gasteiger partial charge in [-0.1, -0.05) is 0 Å². The van der Waals surface area contributed by atoms with E-state index in [1.807, 2.05) is 0 Å². The van der Waals surface area contributed by atoms with Crippen molar-refractivity contribution < 1.29 is 4.79 Å². The third kappa shape index (κ3) is 2.69. The van der Waals surface area contributed by atoms with E-state index in [9.17, 15) is 9.59 Å². The van der Waals surface area contributed by atoms with Crippen LogP contribution < -0.4 is 22.7 Å². The molecule has 2 heterocycles. The molecule has 0 aliphatic rings. The van der Waals surface area contributed by atoms with Crippen molar-refractivity contribution >= 4 is 17.2 Å². The molecule has 0 aliphatic carbocycles. The number of hydrogen-bond donors (Lipinski definition) is 5. The summed E-state index contributed by atoms with van der Waals surface area (Å²) in [5.74, 6) is 0. The highest BCUT2D eigenvalue weighted by molar-refractivity contribution is 5.69. The number of carbonyl (C=O) groups is 1. The van der Waals surface area contributed by atoms with E-state index in [4.69, 9.17) is 4.79 Å². The first kappa shape index (κ1) is 10.5. The minimum absolute atomic E-state index is 0.277. The van der Waals surface area contributed by atoms with Crippen LogP contribution in [0.15, 0.2) is 15.9 Å². The standard InChI is InChI=1S/C5H4N4O2.CH4N2O/c10-4-2-3(7-1-6-2)8-5(11)9-4;2-1(3)4/h1H,(H3,6,7,8,9,10,11);(H4,2,3,4). The Bertz CT molecular complexity index is 574. The molecule has 9 heteroatoms. The van der Waals surface area contributed by atoms with Gasteiger partial charge in [-0.05, 0) is 0 Å². The minimum atomic E-state index is -0.833. The van der Waals surface area contributed by atoms with E-state index in [-0.39, 0.29) is 11.2 Å². The fourth-order valence-corrected chi connectivity index (χ4v) is 0.867. The second-order valence-corrected chi connectivity index (χ2v) is 2.44. The maximum absolute atomic E-state index is 10.9. The number of imidazole rings is 1. The summed E-state index contributed by atoms with van der Waals surface area (Å²) in [6.07, 6.45) is 1.34. The number of aromatic nitrogens is 4. The number of urea groups is 1. The molecule has 0 unspecified atom stereocenters. The molecular formula is C6H8N6O3. The summed E-state index contributed by atoms with van der Waals surface area (Å²) in [4.78, 5) is 41.3. The Hall–Kier alpha value is -2.58. The Morgan fingerprint density at radius 2 is 1.87 bits per heavy atom. The molecule has 80 valence electrons. The molecule has 0 saturated carbocycles. The Morgan fingerprint density at radius 1 is 1.27 bits per heavy atom. The molecule has 0 radical (unpaired) electrons. The van der Waals surface area contributed by atoms with Crippen molar-refractivity contribution in [2.75, 3.05) is 0 Å². The van der Waals surface area contributed by atoms with Gasteiger partial charge in [0.15, 0.2) is 5.65 Å². The average molecular weight is 212 g/mol. The van der Waals surface area contributed by atoms with E-state index in [0.29, 0.717) is 0 Å². The van der Waals surface area contributed by atoms with Gasteiger partial charge in [-0.3, -0.25) is 14.8 Å². The lowest BCUT2D eigenvalue weighted by Gasteiger charge is -1.83. The van der Waals surface area contributed by atoms with E-state index in [1.165, 1.54) is 6.33 Å². The van der Waals surface area contributed by atoms with Crippen LogP contribution in [0.3, 0.4) is 0 Å². The van der Waals surface area contributed by atoms with E-state index in [0.717, 1.165) is 0 Å². The number of nitrogens with zero attached hydrogens (tertiary/aromatic N) is 1. The van der Waals surface area contributed by atoms with Crippen LogP contribution >= 0.6 is 0 Å². The van der Waals surface area contributed by atoms with Crippen LogP contribution in [0.5, 0.6) is 0 Å². The zero-order chi connectivity index (χ0) is 11.4. The first-order valence-corrected chi connectivity index (χ1v) is 3.71. The number of carbonyl (C=O) groups excluding carboxylic acids is 1. The topological polar surface area (TPSA) is 164 Å². The summed E-state index contributed by atoms with van der Waals surface area (Å²) in [5, 5.41) is 0. The first-order valence-electron chi connectivity index (χ1n) is 3.71. The predicted molar refractivity (Wildman–Crippen MR) is 51.1 cm³/mol. The van der Waals surface area contributed by atoms with Gasteiger partial charge >= 0.3 is 11.7 Å². The van der Waals surface area contributed by atoms with Crippen molar-refractivity contribution in [2.24, 2.45) is 11.5 Å². The van der Waals surface area contributed by atoms with Crippen molar-refractivity contribution in [3.8, 4) is 0 Å². The van der Waals surface area contributed by atoms with Gasteiger partial charge in [-0.15, -0.1) is 0 Å². The van der Waals surface area contributed by atoms with Crippen LogP contribution in [0.2, 0.25) is 0 Å². The van der Waals surface area contributed by atoms with Crippen molar-refractivity contribution in [1.29, 1.82) is 0 Å². The van der Waals surface area contributed by atoms with Gasteiger partial charge in [0, 0.05) is 0 Å². The smallest absolute Gasteiger partial charge is 0.327 e. The molecule has 0 fully saturated rings. The molecule has 9 nitrogen and oxygen atoms in total. The maximum Gasteiger partial charge on any atom is 0.327 e. The highest BCUT2D eigenvalue weighted by Gasteiger charge is 1.99. The van der Waals surface area contributed by atoms with E-state index >= 15 is 0 Å². The van der Waals surface area contributed by atoms with E-state index in [1.54, 1.807) is 0 Å². The number of primary amides is 2. The number of hydrogen-bond acceptors (Lipinski definition) is 4. The number of nitrogens with two attached hydrogens (primary N) is 2. The normalized spacial score (nSPS) is 9.33. The van der Waals surface area contributed by atoms with Crippen molar-refractivity contribution in [2.45, 2.75) is 0 Å². The molecule has 2 aromatic heterocycles.